The van der Waals surface area contributed by atoms with Gasteiger partial charge in [0.05, 0.1) is 12.2 Å². The van der Waals surface area contributed by atoms with Crippen molar-refractivity contribution in [3.8, 4) is 0 Å². The molecule has 146 valence electrons. The monoisotopic (exact) mass is 377 g/mol. The molecule has 2 aromatic carbocycles. The molecule has 2 unspecified atom stereocenters. The first-order chi connectivity index (χ1) is 13.6. The number of nitrogens with one attached hydrogen (secondary N) is 2. The van der Waals surface area contributed by atoms with Gasteiger partial charge in [0.15, 0.2) is 0 Å². The molecule has 5 heteroatoms. The maximum absolute atomic E-state index is 12.8. The van der Waals surface area contributed by atoms with E-state index in [0.29, 0.717) is 13.1 Å². The van der Waals surface area contributed by atoms with E-state index in [4.69, 9.17) is 4.74 Å². The Morgan fingerprint density at radius 1 is 1.07 bits per heavy atom. The number of ether oxygens (including phenoxy) is 1. The number of carbonyl (C=O) groups is 1. The highest BCUT2D eigenvalue weighted by molar-refractivity contribution is 5.94. The first-order valence-corrected chi connectivity index (χ1v) is 9.89. The zero-order valence-corrected chi connectivity index (χ0v) is 16.4. The van der Waals surface area contributed by atoms with Crippen LogP contribution in [0.4, 0.5) is 0 Å². The highest BCUT2D eigenvalue weighted by Crippen LogP contribution is 2.18. The summed E-state index contributed by atoms with van der Waals surface area (Å²) < 4.78 is 5.72. The largest absolute Gasteiger partial charge is 0.372 e. The summed E-state index contributed by atoms with van der Waals surface area (Å²) in [5.41, 5.74) is 4.35. The minimum absolute atomic E-state index is 0.0839. The van der Waals surface area contributed by atoms with E-state index in [-0.39, 0.29) is 18.1 Å². The van der Waals surface area contributed by atoms with Crippen LogP contribution in [-0.2, 0) is 17.8 Å². The predicted molar refractivity (Wildman–Crippen MR) is 111 cm³/mol. The van der Waals surface area contributed by atoms with Gasteiger partial charge >= 0.3 is 0 Å². The van der Waals surface area contributed by atoms with Gasteiger partial charge in [0, 0.05) is 48.8 Å². The second-order valence-electron chi connectivity index (χ2n) is 7.62. The third-order valence-corrected chi connectivity index (χ3v) is 5.24. The van der Waals surface area contributed by atoms with Gasteiger partial charge in [-0.2, -0.15) is 0 Å². The number of fused-ring (bicyclic) bond motifs is 1. The molecule has 0 spiro atoms. The number of hydrogen-bond donors (Lipinski definition) is 2. The van der Waals surface area contributed by atoms with Crippen LogP contribution in [0, 0.1) is 0 Å². The highest BCUT2D eigenvalue weighted by Gasteiger charge is 2.26. The van der Waals surface area contributed by atoms with Crippen molar-refractivity contribution in [2.45, 2.75) is 39.1 Å². The van der Waals surface area contributed by atoms with Crippen LogP contribution < -0.4 is 5.32 Å². The summed E-state index contributed by atoms with van der Waals surface area (Å²) >= 11 is 0. The number of carbonyl (C=O) groups excluding carboxylic acids is 1. The number of nitrogens with zero attached hydrogens (tertiary/aromatic N) is 1. The smallest absolute Gasteiger partial charge is 0.254 e. The average Bonchev–Trinajstić information content (AvgIpc) is 3.17. The van der Waals surface area contributed by atoms with Crippen molar-refractivity contribution in [3.63, 3.8) is 0 Å². The van der Waals surface area contributed by atoms with E-state index in [9.17, 15) is 4.79 Å². The number of amides is 1. The maximum atomic E-state index is 12.8. The first kappa shape index (κ1) is 18.7. The Morgan fingerprint density at radius 2 is 1.82 bits per heavy atom. The van der Waals surface area contributed by atoms with E-state index in [1.54, 1.807) is 0 Å². The molecule has 0 saturated carbocycles. The van der Waals surface area contributed by atoms with Crippen LogP contribution in [0.25, 0.3) is 10.9 Å². The van der Waals surface area contributed by atoms with Crippen LogP contribution in [-0.4, -0.2) is 41.1 Å². The summed E-state index contributed by atoms with van der Waals surface area (Å²) in [5, 5.41) is 4.75. The van der Waals surface area contributed by atoms with Crippen molar-refractivity contribution in [2.75, 3.05) is 13.1 Å². The molecule has 28 heavy (non-hydrogen) atoms. The van der Waals surface area contributed by atoms with Gasteiger partial charge in [0.1, 0.15) is 0 Å². The molecule has 4 rings (SSSR count). The summed E-state index contributed by atoms with van der Waals surface area (Å²) in [6.45, 7) is 6.89. The van der Waals surface area contributed by atoms with Crippen molar-refractivity contribution in [1.29, 1.82) is 0 Å². The quantitative estimate of drug-likeness (QED) is 0.713. The molecule has 2 atom stereocenters. The Morgan fingerprint density at radius 3 is 2.57 bits per heavy atom. The lowest BCUT2D eigenvalue weighted by molar-refractivity contribution is -0.0586. The molecule has 0 bridgehead atoms. The molecule has 2 N–H and O–H groups in total. The van der Waals surface area contributed by atoms with Crippen LogP contribution in [0.2, 0.25) is 0 Å². The molecule has 1 fully saturated rings. The van der Waals surface area contributed by atoms with Gasteiger partial charge in [-0.3, -0.25) is 4.79 Å². The Balaban J connectivity index is 1.34. The number of rotatable bonds is 5. The lowest BCUT2D eigenvalue weighted by Crippen LogP contribution is -2.48. The van der Waals surface area contributed by atoms with E-state index < -0.39 is 0 Å². The third kappa shape index (κ3) is 4.11. The number of benzene rings is 2. The van der Waals surface area contributed by atoms with E-state index in [1.165, 1.54) is 16.5 Å². The van der Waals surface area contributed by atoms with Crippen molar-refractivity contribution in [1.82, 2.24) is 15.2 Å². The Bertz CT molecular complexity index is 938. The number of H-pyrrole nitrogens is 1. The summed E-state index contributed by atoms with van der Waals surface area (Å²) in [4.78, 5) is 17.9. The lowest BCUT2D eigenvalue weighted by Gasteiger charge is -2.35. The zero-order chi connectivity index (χ0) is 19.5. The molecule has 0 radical (unpaired) electrons. The molecule has 5 nitrogen and oxygen atoms in total. The molecule has 1 aliphatic rings. The van der Waals surface area contributed by atoms with Crippen LogP contribution in [0.15, 0.2) is 54.7 Å². The molecule has 2 heterocycles. The second-order valence-corrected chi connectivity index (χ2v) is 7.62. The number of aromatic nitrogens is 1. The zero-order valence-electron chi connectivity index (χ0n) is 16.4. The molecule has 1 aromatic heterocycles. The Labute approximate surface area is 165 Å². The van der Waals surface area contributed by atoms with Gasteiger partial charge in [0.2, 0.25) is 0 Å². The van der Waals surface area contributed by atoms with E-state index in [2.05, 4.69) is 34.6 Å². The fourth-order valence-electron chi connectivity index (χ4n) is 3.94. The van der Waals surface area contributed by atoms with Gasteiger partial charge in [-0.05, 0) is 49.2 Å². The van der Waals surface area contributed by atoms with Crippen LogP contribution in [0.5, 0.6) is 0 Å². The fourth-order valence-corrected chi connectivity index (χ4v) is 3.94. The second kappa shape index (κ2) is 8.17. The minimum Gasteiger partial charge on any atom is -0.372 e. The fraction of sp³-hybridized carbons (Fsp3) is 0.348. The third-order valence-electron chi connectivity index (χ3n) is 5.24. The van der Waals surface area contributed by atoms with E-state index >= 15 is 0 Å². The number of hydrogen-bond acceptors (Lipinski definition) is 3. The molecule has 1 amide bonds. The summed E-state index contributed by atoms with van der Waals surface area (Å²) in [5.74, 6) is 0.0839. The summed E-state index contributed by atoms with van der Waals surface area (Å²) in [7, 11) is 0. The van der Waals surface area contributed by atoms with Gasteiger partial charge in [0.25, 0.3) is 5.91 Å². The van der Waals surface area contributed by atoms with Crippen LogP contribution in [0.1, 0.15) is 35.3 Å². The van der Waals surface area contributed by atoms with Gasteiger partial charge in [-0.15, -0.1) is 0 Å². The SMILES string of the molecule is CC1CN(C(=O)c2ccc(CNCc3cccc4[nH]ccc34)cc2)CC(C)O1. The maximum Gasteiger partial charge on any atom is 0.254 e. The summed E-state index contributed by atoms with van der Waals surface area (Å²) in [6, 6.07) is 16.3. The van der Waals surface area contributed by atoms with Gasteiger partial charge in [-0.25, -0.2) is 0 Å². The van der Waals surface area contributed by atoms with Crippen LogP contribution >= 0.6 is 0 Å². The number of morpholine rings is 1. The molecular weight excluding hydrogens is 350 g/mol. The molecule has 3 aromatic rings. The van der Waals surface area contributed by atoms with Gasteiger partial charge < -0.3 is 19.9 Å². The van der Waals surface area contributed by atoms with Crippen molar-refractivity contribution >= 4 is 16.8 Å². The summed E-state index contributed by atoms with van der Waals surface area (Å²) in [6.07, 6.45) is 2.14. The molecule has 0 aliphatic carbocycles. The first-order valence-electron chi connectivity index (χ1n) is 9.89. The highest BCUT2D eigenvalue weighted by atomic mass is 16.5. The topological polar surface area (TPSA) is 57.4 Å². The Kier molecular flexibility index (Phi) is 5.46. The van der Waals surface area contributed by atoms with Crippen molar-refractivity contribution in [3.05, 3.63) is 71.4 Å². The van der Waals surface area contributed by atoms with Crippen LogP contribution in [0.3, 0.4) is 0 Å². The standard InChI is InChI=1S/C23H27N3O2/c1-16-14-26(15-17(2)28-16)23(27)19-8-6-18(7-9-19)12-24-13-20-4-3-5-22-21(20)10-11-25-22/h3-11,16-17,24-25H,12-15H2,1-2H3. The molecule has 1 aliphatic heterocycles. The molecule has 1 saturated heterocycles. The average molecular weight is 377 g/mol. The van der Waals surface area contributed by atoms with Crippen molar-refractivity contribution < 1.29 is 9.53 Å². The normalized spacial score (nSPS) is 19.9. The van der Waals surface area contributed by atoms with E-state index in [0.717, 1.165) is 24.2 Å². The number of aromatic amines is 1. The van der Waals surface area contributed by atoms with Crippen molar-refractivity contribution in [2.24, 2.45) is 0 Å². The predicted octanol–water partition coefficient (Wildman–Crippen LogP) is 3.71. The van der Waals surface area contributed by atoms with Gasteiger partial charge in [-0.1, -0.05) is 24.3 Å². The van der Waals surface area contributed by atoms with E-state index in [1.807, 2.05) is 49.2 Å². The molecular formula is C23H27N3O2. The minimum atomic E-state index is 0.0839. The lowest BCUT2D eigenvalue weighted by atomic mass is 10.1. The Hall–Kier alpha value is -2.63.